The lowest BCUT2D eigenvalue weighted by Gasteiger charge is -2.06. The molecular weight excluding hydrogens is 491 g/mol. The molecule has 4 aromatic rings. The lowest BCUT2D eigenvalue weighted by Crippen LogP contribution is -2.07. The summed E-state index contributed by atoms with van der Waals surface area (Å²) in [6.07, 6.45) is 1.10. The number of rotatable bonds is 6. The van der Waals surface area contributed by atoms with Crippen LogP contribution in [0.5, 0.6) is 0 Å². The summed E-state index contributed by atoms with van der Waals surface area (Å²) in [4.78, 5) is 16.9. The van der Waals surface area contributed by atoms with Crippen LogP contribution in [0.4, 0.5) is 0 Å². The first-order valence-electron chi connectivity index (χ1n) is 9.55. The van der Waals surface area contributed by atoms with Crippen LogP contribution in [-0.2, 0) is 14.6 Å². The molecule has 0 atom stereocenters. The van der Waals surface area contributed by atoms with Crippen molar-refractivity contribution in [1.29, 1.82) is 0 Å². The third kappa shape index (κ3) is 4.50. The second-order valence-corrected chi connectivity index (χ2v) is 9.62. The summed E-state index contributed by atoms with van der Waals surface area (Å²) in [5, 5.41) is 8.51. The molecular formula is C21H16Cl2N4O5S. The monoisotopic (exact) mass is 506 g/mol. The quantitative estimate of drug-likeness (QED) is 0.351. The minimum absolute atomic E-state index is 0.0530. The topological polar surface area (TPSA) is 117 Å². The van der Waals surface area contributed by atoms with E-state index in [1.54, 1.807) is 43.3 Å². The van der Waals surface area contributed by atoms with Crippen LogP contribution >= 0.6 is 23.2 Å². The molecule has 0 unspecified atom stereocenters. The number of carbonyl (C=O) groups is 1. The van der Waals surface area contributed by atoms with Gasteiger partial charge in [-0.3, -0.25) is 0 Å². The molecule has 170 valence electrons. The fourth-order valence-corrected chi connectivity index (χ4v) is 4.17. The van der Waals surface area contributed by atoms with Gasteiger partial charge in [-0.15, -0.1) is 0 Å². The van der Waals surface area contributed by atoms with Crippen molar-refractivity contribution in [2.45, 2.75) is 11.8 Å². The van der Waals surface area contributed by atoms with Crippen LogP contribution in [0.1, 0.15) is 17.4 Å². The number of sulfone groups is 1. The predicted molar refractivity (Wildman–Crippen MR) is 121 cm³/mol. The van der Waals surface area contributed by atoms with Gasteiger partial charge in [0.1, 0.15) is 5.02 Å². The van der Waals surface area contributed by atoms with Crippen LogP contribution in [0, 0.1) is 0 Å². The van der Waals surface area contributed by atoms with Gasteiger partial charge in [-0.2, -0.15) is 10.1 Å². The Balaban J connectivity index is 1.87. The molecule has 0 amide bonds. The molecule has 12 heteroatoms. The molecule has 2 heterocycles. The Morgan fingerprint density at radius 2 is 1.91 bits per heavy atom. The molecule has 0 aliphatic carbocycles. The second kappa shape index (κ2) is 8.97. The van der Waals surface area contributed by atoms with Gasteiger partial charge in [-0.25, -0.2) is 17.9 Å². The van der Waals surface area contributed by atoms with Crippen LogP contribution in [-0.4, -0.2) is 47.2 Å². The molecule has 0 bridgehead atoms. The highest BCUT2D eigenvalue weighted by Gasteiger charge is 2.29. The molecule has 4 rings (SSSR count). The molecule has 9 nitrogen and oxygen atoms in total. The zero-order valence-corrected chi connectivity index (χ0v) is 19.6. The lowest BCUT2D eigenvalue weighted by molar-refractivity contribution is 0.0519. The Morgan fingerprint density at radius 1 is 1.15 bits per heavy atom. The molecule has 0 fully saturated rings. The van der Waals surface area contributed by atoms with Gasteiger partial charge in [0.2, 0.25) is 5.82 Å². The van der Waals surface area contributed by atoms with Crippen molar-refractivity contribution in [1.82, 2.24) is 19.9 Å². The maximum Gasteiger partial charge on any atom is 0.360 e. The normalized spacial score (nSPS) is 11.5. The van der Waals surface area contributed by atoms with Crippen molar-refractivity contribution in [3.05, 3.63) is 64.3 Å². The number of para-hydroxylation sites is 1. The number of benzene rings is 2. The average Bonchev–Trinajstić information content (AvgIpc) is 3.38. The number of aromatic nitrogens is 4. The number of nitrogens with zero attached hydrogens (tertiary/aromatic N) is 4. The lowest BCUT2D eigenvalue weighted by atomic mass is 10.2. The van der Waals surface area contributed by atoms with Gasteiger partial charge in [-0.05, 0) is 31.2 Å². The van der Waals surface area contributed by atoms with Crippen molar-refractivity contribution in [2.75, 3.05) is 12.9 Å². The number of halogens is 2. The van der Waals surface area contributed by atoms with Crippen molar-refractivity contribution in [2.24, 2.45) is 0 Å². The standard InChI is InChI=1S/C21H16Cl2N4O5S/c1-3-31-21(28)17-16(23)18(27(25-17)15-10-5-4-9-14(15)22)20-24-19(26-32-20)12-7-6-8-13(11-12)33(2,29)30/h4-11H,3H2,1-2H3. The van der Waals surface area contributed by atoms with E-state index < -0.39 is 15.8 Å². The molecule has 0 saturated heterocycles. The van der Waals surface area contributed by atoms with Crippen LogP contribution in [0.2, 0.25) is 10.0 Å². The predicted octanol–water partition coefficient (Wildman–Crippen LogP) is 4.48. The molecule has 0 radical (unpaired) electrons. The zero-order valence-electron chi connectivity index (χ0n) is 17.3. The number of ether oxygens (including phenoxy) is 1. The van der Waals surface area contributed by atoms with Crippen molar-refractivity contribution in [3.63, 3.8) is 0 Å². The van der Waals surface area contributed by atoms with Crippen LogP contribution in [0.25, 0.3) is 28.7 Å². The Labute approximate surface area is 198 Å². The van der Waals surface area contributed by atoms with Crippen LogP contribution in [0.15, 0.2) is 57.9 Å². The minimum atomic E-state index is -3.43. The summed E-state index contributed by atoms with van der Waals surface area (Å²) in [7, 11) is -3.43. The van der Waals surface area contributed by atoms with E-state index in [1.165, 1.54) is 16.8 Å². The van der Waals surface area contributed by atoms with E-state index in [2.05, 4.69) is 15.2 Å². The number of esters is 1. The van der Waals surface area contributed by atoms with E-state index in [4.69, 9.17) is 32.5 Å². The molecule has 0 spiro atoms. The molecule has 0 aliphatic heterocycles. The van der Waals surface area contributed by atoms with Gasteiger partial charge in [0.15, 0.2) is 21.2 Å². The number of hydrogen-bond donors (Lipinski definition) is 0. The Bertz CT molecular complexity index is 1460. The van der Waals surface area contributed by atoms with E-state index in [9.17, 15) is 13.2 Å². The van der Waals surface area contributed by atoms with Gasteiger partial charge in [0.25, 0.3) is 5.89 Å². The highest BCUT2D eigenvalue weighted by molar-refractivity contribution is 7.90. The summed E-state index contributed by atoms with van der Waals surface area (Å²) in [6.45, 7) is 1.79. The summed E-state index contributed by atoms with van der Waals surface area (Å²) in [6, 6.07) is 12.9. The molecule has 2 aromatic heterocycles. The van der Waals surface area contributed by atoms with Crippen molar-refractivity contribution in [3.8, 4) is 28.7 Å². The third-order valence-electron chi connectivity index (χ3n) is 4.53. The highest BCUT2D eigenvalue weighted by Crippen LogP contribution is 2.35. The molecule has 0 saturated carbocycles. The van der Waals surface area contributed by atoms with E-state index >= 15 is 0 Å². The van der Waals surface area contributed by atoms with Crippen molar-refractivity contribution >= 4 is 39.0 Å². The van der Waals surface area contributed by atoms with Crippen molar-refractivity contribution < 1.29 is 22.5 Å². The molecule has 0 aliphatic rings. The summed E-state index contributed by atoms with van der Waals surface area (Å²) in [5.74, 6) is -0.658. The number of hydrogen-bond acceptors (Lipinski definition) is 8. The highest BCUT2D eigenvalue weighted by atomic mass is 35.5. The maximum absolute atomic E-state index is 12.4. The van der Waals surface area contributed by atoms with Crippen LogP contribution in [0.3, 0.4) is 0 Å². The van der Waals surface area contributed by atoms with Gasteiger partial charge in [0.05, 0.1) is 22.2 Å². The second-order valence-electron chi connectivity index (χ2n) is 6.82. The molecule has 0 N–H and O–H groups in total. The maximum atomic E-state index is 12.4. The van der Waals surface area contributed by atoms with Gasteiger partial charge < -0.3 is 9.26 Å². The van der Waals surface area contributed by atoms with Gasteiger partial charge >= 0.3 is 5.97 Å². The SMILES string of the molecule is CCOC(=O)c1nn(-c2ccccc2Cl)c(-c2nc(-c3cccc(S(C)(=O)=O)c3)no2)c1Cl. The Kier molecular flexibility index (Phi) is 6.24. The molecule has 2 aromatic carbocycles. The minimum Gasteiger partial charge on any atom is -0.461 e. The Hall–Kier alpha value is -3.21. The number of carbonyl (C=O) groups excluding carboxylic acids is 1. The van der Waals surface area contributed by atoms with E-state index in [0.29, 0.717) is 16.3 Å². The summed E-state index contributed by atoms with van der Waals surface area (Å²) < 4.78 is 35.6. The Morgan fingerprint density at radius 3 is 2.61 bits per heavy atom. The van der Waals surface area contributed by atoms with Gasteiger partial charge in [-0.1, -0.05) is 52.6 Å². The van der Waals surface area contributed by atoms with E-state index in [0.717, 1.165) is 6.26 Å². The summed E-state index contributed by atoms with van der Waals surface area (Å²) in [5.41, 5.74) is 0.821. The average molecular weight is 507 g/mol. The smallest absolute Gasteiger partial charge is 0.360 e. The summed E-state index contributed by atoms with van der Waals surface area (Å²) >= 11 is 12.8. The van der Waals surface area contributed by atoms with E-state index in [1.807, 2.05) is 0 Å². The third-order valence-corrected chi connectivity index (χ3v) is 6.31. The van der Waals surface area contributed by atoms with Gasteiger partial charge in [0, 0.05) is 11.8 Å². The first kappa shape index (κ1) is 23.0. The fraction of sp³-hybridized carbons (Fsp3) is 0.143. The van der Waals surface area contributed by atoms with Crippen LogP contribution < -0.4 is 0 Å². The first-order valence-corrected chi connectivity index (χ1v) is 12.2. The van der Waals surface area contributed by atoms with E-state index in [-0.39, 0.29) is 39.6 Å². The molecule has 33 heavy (non-hydrogen) atoms. The first-order chi connectivity index (χ1) is 15.7. The fourth-order valence-electron chi connectivity index (χ4n) is 3.01. The largest absolute Gasteiger partial charge is 0.461 e. The zero-order chi connectivity index (χ0) is 23.8.